The van der Waals surface area contributed by atoms with Crippen molar-refractivity contribution in [2.45, 2.75) is 27.7 Å². The van der Waals surface area contributed by atoms with Gasteiger partial charge in [-0.1, -0.05) is 0 Å². The minimum Gasteiger partial charge on any atom is -0.478 e. The molecular weight excluding hydrogens is 296 g/mol. The maximum Gasteiger partial charge on any atom is 0.333 e. The molecule has 0 bridgehead atoms. The number of carbonyl (C=O) groups is 4. The minimum atomic E-state index is -1.60. The van der Waals surface area contributed by atoms with Gasteiger partial charge in [-0.15, -0.1) is 0 Å². The molecule has 0 unspecified atom stereocenters. The zero-order valence-electron chi connectivity index (χ0n) is 12.9. The van der Waals surface area contributed by atoms with Crippen LogP contribution in [0.4, 0.5) is 0 Å². The van der Waals surface area contributed by atoms with E-state index < -0.39 is 46.9 Å². The summed E-state index contributed by atoms with van der Waals surface area (Å²) in [5, 5.41) is 18.5. The number of hydrogen-bond donors (Lipinski definition) is 2. The van der Waals surface area contributed by atoms with Crippen LogP contribution in [0.2, 0.25) is 0 Å². The van der Waals surface area contributed by atoms with Crippen molar-refractivity contribution in [3.05, 3.63) is 11.1 Å². The standard InChI is InChI=1S/C14H20O8/c1-5-21-13(19)7(3)9(11(15)16)10(12(17)18)8(4)14(20)22-6-2/h7-8H,5-6H2,1-4H3,(H,15,16)(H,17,18)/t7-,8-/m0/s1. The summed E-state index contributed by atoms with van der Waals surface area (Å²) in [5.74, 6) is -7.63. The van der Waals surface area contributed by atoms with Crippen molar-refractivity contribution >= 4 is 23.9 Å². The Labute approximate surface area is 127 Å². The van der Waals surface area contributed by atoms with Gasteiger partial charge in [0.2, 0.25) is 0 Å². The summed E-state index contributed by atoms with van der Waals surface area (Å²) in [5.41, 5.74) is -1.38. The predicted octanol–water partition coefficient (Wildman–Crippen LogP) is 0.851. The third-order valence-corrected chi connectivity index (χ3v) is 2.90. The minimum absolute atomic E-state index is 0.0197. The average molecular weight is 316 g/mol. The van der Waals surface area contributed by atoms with Gasteiger partial charge in [0.1, 0.15) is 0 Å². The lowest BCUT2D eigenvalue weighted by atomic mass is 9.88. The van der Waals surface area contributed by atoms with E-state index in [2.05, 4.69) is 0 Å². The van der Waals surface area contributed by atoms with Crippen LogP contribution in [-0.4, -0.2) is 47.3 Å². The molecule has 2 N–H and O–H groups in total. The predicted molar refractivity (Wildman–Crippen MR) is 73.9 cm³/mol. The van der Waals surface area contributed by atoms with E-state index in [-0.39, 0.29) is 13.2 Å². The van der Waals surface area contributed by atoms with E-state index in [1.807, 2.05) is 0 Å². The van der Waals surface area contributed by atoms with Crippen LogP contribution in [0.15, 0.2) is 11.1 Å². The molecule has 0 aliphatic heterocycles. The van der Waals surface area contributed by atoms with E-state index >= 15 is 0 Å². The number of carbonyl (C=O) groups excluding carboxylic acids is 2. The quantitative estimate of drug-likeness (QED) is 0.498. The van der Waals surface area contributed by atoms with E-state index in [0.29, 0.717) is 0 Å². The fourth-order valence-corrected chi connectivity index (χ4v) is 1.84. The van der Waals surface area contributed by atoms with Crippen LogP contribution in [-0.2, 0) is 28.7 Å². The lowest BCUT2D eigenvalue weighted by Gasteiger charge is -2.18. The molecule has 0 rings (SSSR count). The van der Waals surface area contributed by atoms with Crippen molar-refractivity contribution in [1.29, 1.82) is 0 Å². The molecule has 0 saturated carbocycles. The molecule has 0 aliphatic carbocycles. The molecule has 0 aromatic carbocycles. The third kappa shape index (κ3) is 4.87. The molecule has 124 valence electrons. The first kappa shape index (κ1) is 19.6. The highest BCUT2D eigenvalue weighted by Crippen LogP contribution is 2.24. The van der Waals surface area contributed by atoms with Gasteiger partial charge in [-0.3, -0.25) is 9.59 Å². The Morgan fingerprint density at radius 2 is 1.05 bits per heavy atom. The first-order valence-electron chi connectivity index (χ1n) is 6.72. The van der Waals surface area contributed by atoms with Crippen molar-refractivity contribution in [1.82, 2.24) is 0 Å². The van der Waals surface area contributed by atoms with E-state index in [1.54, 1.807) is 0 Å². The number of esters is 2. The number of ether oxygens (including phenoxy) is 2. The van der Waals surface area contributed by atoms with Crippen molar-refractivity contribution in [3.63, 3.8) is 0 Å². The van der Waals surface area contributed by atoms with Crippen LogP contribution in [0, 0.1) is 11.8 Å². The number of carboxylic acid groups (broad SMARTS) is 2. The molecule has 0 aliphatic rings. The van der Waals surface area contributed by atoms with Crippen molar-refractivity contribution in [2.75, 3.05) is 13.2 Å². The Kier molecular flexibility index (Phi) is 7.85. The van der Waals surface area contributed by atoms with E-state index in [9.17, 15) is 29.4 Å². The lowest BCUT2D eigenvalue weighted by Crippen LogP contribution is -2.30. The van der Waals surface area contributed by atoms with Crippen LogP contribution in [0.3, 0.4) is 0 Å². The van der Waals surface area contributed by atoms with Gasteiger partial charge >= 0.3 is 23.9 Å². The Balaban J connectivity index is 5.97. The molecule has 0 aromatic rings. The summed E-state index contributed by atoms with van der Waals surface area (Å²) in [6, 6.07) is 0. The van der Waals surface area contributed by atoms with Gasteiger partial charge < -0.3 is 19.7 Å². The molecule has 0 amide bonds. The second-order valence-corrected chi connectivity index (χ2v) is 4.39. The molecule has 0 spiro atoms. The smallest absolute Gasteiger partial charge is 0.333 e. The fraction of sp³-hybridized carbons (Fsp3) is 0.571. The zero-order valence-corrected chi connectivity index (χ0v) is 12.9. The molecular formula is C14H20O8. The highest BCUT2D eigenvalue weighted by Gasteiger charge is 2.35. The molecule has 0 heterocycles. The Bertz CT molecular complexity index is 447. The van der Waals surface area contributed by atoms with E-state index in [0.717, 1.165) is 0 Å². The van der Waals surface area contributed by atoms with E-state index in [4.69, 9.17) is 9.47 Å². The topological polar surface area (TPSA) is 127 Å². The zero-order chi connectivity index (χ0) is 17.4. The monoisotopic (exact) mass is 316 g/mol. The molecule has 0 radical (unpaired) electrons. The molecule has 2 atom stereocenters. The highest BCUT2D eigenvalue weighted by molar-refractivity contribution is 6.05. The Hall–Kier alpha value is -2.38. The van der Waals surface area contributed by atoms with Crippen LogP contribution >= 0.6 is 0 Å². The van der Waals surface area contributed by atoms with Crippen molar-refractivity contribution in [3.8, 4) is 0 Å². The summed E-state index contributed by atoms with van der Waals surface area (Å²) in [7, 11) is 0. The van der Waals surface area contributed by atoms with Crippen LogP contribution in [0.5, 0.6) is 0 Å². The van der Waals surface area contributed by atoms with Crippen molar-refractivity contribution in [2.24, 2.45) is 11.8 Å². The van der Waals surface area contributed by atoms with Gasteiger partial charge in [0, 0.05) is 0 Å². The Morgan fingerprint density at radius 3 is 1.23 bits per heavy atom. The van der Waals surface area contributed by atoms with Crippen LogP contribution in [0.25, 0.3) is 0 Å². The van der Waals surface area contributed by atoms with E-state index in [1.165, 1.54) is 27.7 Å². The van der Waals surface area contributed by atoms with Gasteiger partial charge in [-0.05, 0) is 27.7 Å². The summed E-state index contributed by atoms with van der Waals surface area (Å²) in [6.45, 7) is 5.53. The molecule has 22 heavy (non-hydrogen) atoms. The van der Waals surface area contributed by atoms with Gasteiger partial charge in [-0.2, -0.15) is 0 Å². The number of carboxylic acids is 2. The van der Waals surface area contributed by atoms with Gasteiger partial charge in [-0.25, -0.2) is 9.59 Å². The second kappa shape index (κ2) is 8.81. The molecule has 0 saturated heterocycles. The first-order chi connectivity index (χ1) is 10.2. The highest BCUT2D eigenvalue weighted by atomic mass is 16.5. The normalized spacial score (nSPS) is 14.4. The van der Waals surface area contributed by atoms with Crippen molar-refractivity contribution < 1.29 is 38.9 Å². The molecule has 8 nitrogen and oxygen atoms in total. The maximum absolute atomic E-state index is 11.7. The Morgan fingerprint density at radius 1 is 0.773 bits per heavy atom. The van der Waals surface area contributed by atoms with Gasteiger partial charge in [0.25, 0.3) is 0 Å². The third-order valence-electron chi connectivity index (χ3n) is 2.90. The summed E-state index contributed by atoms with van der Waals surface area (Å²) >= 11 is 0. The van der Waals surface area contributed by atoms with Gasteiger partial charge in [0.05, 0.1) is 36.2 Å². The largest absolute Gasteiger partial charge is 0.478 e. The first-order valence-corrected chi connectivity index (χ1v) is 6.72. The molecule has 0 fully saturated rings. The number of hydrogen-bond acceptors (Lipinski definition) is 6. The summed E-state index contributed by atoms with van der Waals surface area (Å²) in [4.78, 5) is 46.2. The lowest BCUT2D eigenvalue weighted by molar-refractivity contribution is -0.150. The van der Waals surface area contributed by atoms with Crippen LogP contribution in [0.1, 0.15) is 27.7 Å². The molecule has 8 heteroatoms. The number of aliphatic carboxylic acids is 2. The summed E-state index contributed by atoms with van der Waals surface area (Å²) in [6.07, 6.45) is 0. The summed E-state index contributed by atoms with van der Waals surface area (Å²) < 4.78 is 9.41. The average Bonchev–Trinajstić information content (AvgIpc) is 2.42. The number of rotatable bonds is 8. The van der Waals surface area contributed by atoms with Gasteiger partial charge in [0.15, 0.2) is 0 Å². The fourth-order valence-electron chi connectivity index (χ4n) is 1.84. The molecule has 0 aromatic heterocycles. The van der Waals surface area contributed by atoms with Crippen LogP contribution < -0.4 is 0 Å². The second-order valence-electron chi connectivity index (χ2n) is 4.39. The maximum atomic E-state index is 11.7. The SMILES string of the molecule is CCOC(=O)[C@@H](C)C(C(=O)O)=C(C(=O)O)[C@H](C)C(=O)OCC.